The first kappa shape index (κ1) is 12.4. The minimum absolute atomic E-state index is 0.247. The number of rotatable bonds is 2. The highest BCUT2D eigenvalue weighted by Crippen LogP contribution is 2.27. The van der Waals surface area contributed by atoms with Gasteiger partial charge < -0.3 is 9.47 Å². The summed E-state index contributed by atoms with van der Waals surface area (Å²) in [6, 6.07) is 5.92. The molecule has 0 atom stereocenters. The van der Waals surface area contributed by atoms with Crippen LogP contribution in [0.15, 0.2) is 23.8 Å². The van der Waals surface area contributed by atoms with Gasteiger partial charge in [0.25, 0.3) is 0 Å². The molecule has 2 rings (SSSR count). The summed E-state index contributed by atoms with van der Waals surface area (Å²) < 4.78 is 11.7. The van der Waals surface area contributed by atoms with Crippen molar-refractivity contribution >= 4 is 34.6 Å². The largest absolute Gasteiger partial charge is 0.493 e. The van der Waals surface area contributed by atoms with E-state index < -0.39 is 0 Å². The van der Waals surface area contributed by atoms with Crippen molar-refractivity contribution in [3.8, 4) is 5.75 Å². The number of carbonyl (C=O) groups excluding carboxylic acids is 1. The third-order valence-electron chi connectivity index (χ3n) is 2.47. The van der Waals surface area contributed by atoms with Crippen LogP contribution in [0.1, 0.15) is 18.9 Å². The Morgan fingerprint density at radius 3 is 3.12 bits per heavy atom. The zero-order valence-electron chi connectivity index (χ0n) is 9.53. The monoisotopic (exact) mass is 344 g/mol. The molecule has 0 saturated heterocycles. The van der Waals surface area contributed by atoms with Gasteiger partial charge in [-0.3, -0.25) is 0 Å². The zero-order chi connectivity index (χ0) is 12.3. The summed E-state index contributed by atoms with van der Waals surface area (Å²) in [6.07, 6.45) is 2.45. The van der Waals surface area contributed by atoms with E-state index in [1.165, 1.54) is 0 Å². The lowest BCUT2D eigenvalue weighted by molar-refractivity contribution is -0.138. The third-order valence-corrected chi connectivity index (χ3v) is 3.14. The topological polar surface area (TPSA) is 35.5 Å². The molecular weight excluding hydrogens is 331 g/mol. The number of benzene rings is 1. The minimum atomic E-state index is -0.247. The molecule has 0 unspecified atom stereocenters. The summed E-state index contributed by atoms with van der Waals surface area (Å²) in [6.45, 7) is 2.72. The van der Waals surface area contributed by atoms with Crippen LogP contribution in [0.25, 0.3) is 6.08 Å². The molecule has 0 aliphatic carbocycles. The normalized spacial score (nSPS) is 14.1. The van der Waals surface area contributed by atoms with Crippen LogP contribution in [0.2, 0.25) is 0 Å². The first-order valence-corrected chi connectivity index (χ1v) is 6.58. The summed E-state index contributed by atoms with van der Waals surface area (Å²) in [7, 11) is 0. The van der Waals surface area contributed by atoms with E-state index in [9.17, 15) is 4.79 Å². The van der Waals surface area contributed by atoms with Crippen molar-refractivity contribution in [1.82, 2.24) is 0 Å². The summed E-state index contributed by atoms with van der Waals surface area (Å²) >= 11 is 2.24. The maximum absolute atomic E-state index is 11.7. The highest BCUT2D eigenvalue weighted by Gasteiger charge is 2.16. The van der Waals surface area contributed by atoms with E-state index in [2.05, 4.69) is 22.6 Å². The smallest absolute Gasteiger partial charge is 0.334 e. The second kappa shape index (κ2) is 5.53. The predicted molar refractivity (Wildman–Crippen MR) is 73.9 cm³/mol. The standard InChI is InChI=1S/C13H13IO3/c1-2-16-13(15)9-5-6-17-12-4-3-11(14)8-10(12)7-9/h3-4,7-8H,2,5-6H2,1H3. The van der Waals surface area contributed by atoms with Crippen molar-refractivity contribution in [3.63, 3.8) is 0 Å². The number of hydrogen-bond acceptors (Lipinski definition) is 3. The van der Waals surface area contributed by atoms with Gasteiger partial charge >= 0.3 is 5.97 Å². The van der Waals surface area contributed by atoms with Crippen molar-refractivity contribution in [3.05, 3.63) is 32.9 Å². The van der Waals surface area contributed by atoms with Crippen LogP contribution in [0.4, 0.5) is 0 Å². The fourth-order valence-electron chi connectivity index (χ4n) is 1.68. The molecule has 0 amide bonds. The van der Waals surface area contributed by atoms with Crippen molar-refractivity contribution in [2.75, 3.05) is 13.2 Å². The number of hydrogen-bond donors (Lipinski definition) is 0. The quantitative estimate of drug-likeness (QED) is 0.611. The Labute approximate surface area is 114 Å². The first-order chi connectivity index (χ1) is 8.20. The van der Waals surface area contributed by atoms with Gasteiger partial charge in [-0.15, -0.1) is 0 Å². The van der Waals surface area contributed by atoms with Crippen molar-refractivity contribution in [2.45, 2.75) is 13.3 Å². The number of halogens is 1. The van der Waals surface area contributed by atoms with E-state index >= 15 is 0 Å². The first-order valence-electron chi connectivity index (χ1n) is 5.50. The second-order valence-corrected chi connectivity index (χ2v) is 4.92. The molecule has 90 valence electrons. The molecule has 0 radical (unpaired) electrons. The summed E-state index contributed by atoms with van der Waals surface area (Å²) in [5.41, 5.74) is 1.62. The van der Waals surface area contributed by atoms with Gasteiger partial charge in [0.05, 0.1) is 13.2 Å². The predicted octanol–water partition coefficient (Wildman–Crippen LogP) is 3.02. The Hall–Kier alpha value is -1.04. The van der Waals surface area contributed by atoms with Crippen molar-refractivity contribution in [1.29, 1.82) is 0 Å². The van der Waals surface area contributed by atoms with E-state index in [0.717, 1.165) is 14.9 Å². The zero-order valence-corrected chi connectivity index (χ0v) is 11.7. The van der Waals surface area contributed by atoms with Gasteiger partial charge in [0.2, 0.25) is 0 Å². The van der Waals surface area contributed by atoms with Gasteiger partial charge in [-0.25, -0.2) is 4.79 Å². The maximum Gasteiger partial charge on any atom is 0.334 e. The second-order valence-electron chi connectivity index (χ2n) is 3.67. The fourth-order valence-corrected chi connectivity index (χ4v) is 2.19. The van der Waals surface area contributed by atoms with E-state index in [-0.39, 0.29) is 5.97 Å². The van der Waals surface area contributed by atoms with Crippen LogP contribution >= 0.6 is 22.6 Å². The third kappa shape index (κ3) is 3.00. The molecule has 0 aromatic heterocycles. The highest BCUT2D eigenvalue weighted by atomic mass is 127. The summed E-state index contributed by atoms with van der Waals surface area (Å²) in [4.78, 5) is 11.7. The van der Waals surface area contributed by atoms with Gasteiger partial charge in [0, 0.05) is 21.1 Å². The lowest BCUT2D eigenvalue weighted by Crippen LogP contribution is -2.09. The van der Waals surface area contributed by atoms with Crippen molar-refractivity contribution < 1.29 is 14.3 Å². The molecule has 0 fully saturated rings. The molecule has 17 heavy (non-hydrogen) atoms. The Bertz CT molecular complexity index is 466. The molecule has 1 aliphatic rings. The Morgan fingerprint density at radius 1 is 1.53 bits per heavy atom. The van der Waals surface area contributed by atoms with Crippen molar-refractivity contribution in [2.24, 2.45) is 0 Å². The molecule has 0 bridgehead atoms. The fraction of sp³-hybridized carbons (Fsp3) is 0.308. The lowest BCUT2D eigenvalue weighted by Gasteiger charge is -2.05. The van der Waals surface area contributed by atoms with E-state index in [1.807, 2.05) is 31.2 Å². The molecule has 1 aromatic rings. The molecule has 0 N–H and O–H groups in total. The Kier molecular flexibility index (Phi) is 4.04. The Balaban J connectivity index is 2.34. The molecule has 1 heterocycles. The molecule has 0 spiro atoms. The number of fused-ring (bicyclic) bond motifs is 1. The van der Waals surface area contributed by atoms with Gasteiger partial charge in [-0.1, -0.05) is 0 Å². The summed E-state index contributed by atoms with van der Waals surface area (Å²) in [5.74, 6) is 0.576. The van der Waals surface area contributed by atoms with E-state index in [4.69, 9.17) is 9.47 Å². The SMILES string of the molecule is CCOC(=O)C1=Cc2cc(I)ccc2OCC1. The van der Waals surface area contributed by atoms with Crippen LogP contribution in [-0.2, 0) is 9.53 Å². The van der Waals surface area contributed by atoms with Gasteiger partial charge in [0.15, 0.2) is 0 Å². The average Bonchev–Trinajstić information content (AvgIpc) is 2.50. The van der Waals surface area contributed by atoms with Crippen LogP contribution in [-0.4, -0.2) is 19.2 Å². The lowest BCUT2D eigenvalue weighted by atomic mass is 10.1. The van der Waals surface area contributed by atoms with E-state index in [1.54, 1.807) is 0 Å². The highest BCUT2D eigenvalue weighted by molar-refractivity contribution is 14.1. The molecule has 1 aromatic carbocycles. The van der Waals surface area contributed by atoms with Crippen LogP contribution in [0.3, 0.4) is 0 Å². The number of carbonyl (C=O) groups is 1. The Morgan fingerprint density at radius 2 is 2.35 bits per heavy atom. The molecule has 0 saturated carbocycles. The van der Waals surface area contributed by atoms with Gasteiger partial charge in [0.1, 0.15) is 5.75 Å². The minimum Gasteiger partial charge on any atom is -0.493 e. The molecule has 3 nitrogen and oxygen atoms in total. The van der Waals surface area contributed by atoms with E-state index in [0.29, 0.717) is 25.2 Å². The van der Waals surface area contributed by atoms with Gasteiger partial charge in [-0.05, 0) is 53.8 Å². The summed E-state index contributed by atoms with van der Waals surface area (Å²) in [5, 5.41) is 0. The maximum atomic E-state index is 11.7. The number of esters is 1. The molecular formula is C13H13IO3. The number of ether oxygens (including phenoxy) is 2. The van der Waals surface area contributed by atoms with Crippen LogP contribution in [0.5, 0.6) is 5.75 Å². The average molecular weight is 344 g/mol. The molecule has 1 aliphatic heterocycles. The molecule has 4 heteroatoms. The van der Waals surface area contributed by atoms with Gasteiger partial charge in [-0.2, -0.15) is 0 Å². The van der Waals surface area contributed by atoms with Crippen LogP contribution < -0.4 is 4.74 Å². The van der Waals surface area contributed by atoms with Crippen LogP contribution in [0, 0.1) is 3.57 Å².